The Hall–Kier alpha value is -2.15. The van der Waals surface area contributed by atoms with Gasteiger partial charge in [0.1, 0.15) is 0 Å². The number of carbonyl (C=O) groups is 1. The van der Waals surface area contributed by atoms with Crippen molar-refractivity contribution < 1.29 is 19.6 Å². The van der Waals surface area contributed by atoms with Crippen LogP contribution in [0.15, 0.2) is 24.3 Å². The number of rotatable bonds is 7. The van der Waals surface area contributed by atoms with E-state index in [4.69, 9.17) is 9.84 Å². The number of amides is 1. The van der Waals surface area contributed by atoms with Gasteiger partial charge >= 0.3 is 5.69 Å². The Kier molecular flexibility index (Phi) is 5.92. The summed E-state index contributed by atoms with van der Waals surface area (Å²) < 4.78 is 5.22. The third kappa shape index (κ3) is 4.20. The van der Waals surface area contributed by atoms with Gasteiger partial charge in [-0.2, -0.15) is 0 Å². The second-order valence-corrected chi connectivity index (χ2v) is 4.42. The largest absolute Gasteiger partial charge is 0.477 e. The third-order valence-electron chi connectivity index (χ3n) is 2.70. The van der Waals surface area contributed by atoms with Crippen LogP contribution in [0.3, 0.4) is 0 Å². The zero-order chi connectivity index (χ0) is 15.1. The van der Waals surface area contributed by atoms with Gasteiger partial charge in [-0.1, -0.05) is 12.1 Å². The van der Waals surface area contributed by atoms with E-state index in [0.717, 1.165) is 0 Å². The second kappa shape index (κ2) is 7.44. The van der Waals surface area contributed by atoms with Crippen LogP contribution in [0.1, 0.15) is 13.8 Å². The van der Waals surface area contributed by atoms with Gasteiger partial charge in [-0.25, -0.2) is 0 Å². The quantitative estimate of drug-likeness (QED) is 0.599. The van der Waals surface area contributed by atoms with Gasteiger partial charge in [-0.3, -0.25) is 14.9 Å². The van der Waals surface area contributed by atoms with Crippen molar-refractivity contribution in [2.45, 2.75) is 19.9 Å². The standard InChI is InChI=1S/C13H18N2O5/c1-10(2)14(7-8-16)13(17)9-20-12-6-4-3-5-11(12)15(18)19/h3-6,10,16H,7-9H2,1-2H3. The molecule has 1 aromatic rings. The molecular weight excluding hydrogens is 264 g/mol. The molecule has 20 heavy (non-hydrogen) atoms. The van der Waals surface area contributed by atoms with Crippen molar-refractivity contribution in [1.82, 2.24) is 4.90 Å². The fourth-order valence-electron chi connectivity index (χ4n) is 1.73. The van der Waals surface area contributed by atoms with Gasteiger partial charge in [0.15, 0.2) is 12.4 Å². The molecule has 0 aromatic heterocycles. The zero-order valence-corrected chi connectivity index (χ0v) is 11.5. The molecular formula is C13H18N2O5. The van der Waals surface area contributed by atoms with Gasteiger partial charge in [0, 0.05) is 18.7 Å². The van der Waals surface area contributed by atoms with Crippen molar-refractivity contribution in [3.63, 3.8) is 0 Å². The maximum absolute atomic E-state index is 11.9. The Bertz CT molecular complexity index is 476. The summed E-state index contributed by atoms with van der Waals surface area (Å²) in [5, 5.41) is 19.7. The Balaban J connectivity index is 2.71. The van der Waals surface area contributed by atoms with E-state index >= 15 is 0 Å². The topological polar surface area (TPSA) is 92.9 Å². The molecule has 0 fully saturated rings. The molecule has 1 aromatic carbocycles. The number of nitro groups is 1. The first kappa shape index (κ1) is 15.9. The Morgan fingerprint density at radius 2 is 2.10 bits per heavy atom. The van der Waals surface area contributed by atoms with Gasteiger partial charge < -0.3 is 14.7 Å². The predicted octanol–water partition coefficient (Wildman–Crippen LogP) is 1.20. The van der Waals surface area contributed by atoms with Gasteiger partial charge in [0.25, 0.3) is 5.91 Å². The minimum absolute atomic E-state index is 0.0542. The Morgan fingerprint density at radius 3 is 2.65 bits per heavy atom. The average molecular weight is 282 g/mol. The van der Waals surface area contributed by atoms with E-state index in [1.165, 1.54) is 23.1 Å². The number of ether oxygens (including phenoxy) is 1. The smallest absolute Gasteiger partial charge is 0.310 e. The SMILES string of the molecule is CC(C)N(CCO)C(=O)COc1ccccc1[N+](=O)[O-]. The van der Waals surface area contributed by atoms with Crippen LogP contribution in [0.25, 0.3) is 0 Å². The van der Waals surface area contributed by atoms with E-state index in [9.17, 15) is 14.9 Å². The Labute approximate surface area is 116 Å². The lowest BCUT2D eigenvalue weighted by Crippen LogP contribution is -2.41. The monoisotopic (exact) mass is 282 g/mol. The van der Waals surface area contributed by atoms with Crippen molar-refractivity contribution in [1.29, 1.82) is 0 Å². The molecule has 0 saturated heterocycles. The van der Waals surface area contributed by atoms with Crippen LogP contribution in [0.5, 0.6) is 5.75 Å². The van der Waals surface area contributed by atoms with Crippen molar-refractivity contribution in [2.75, 3.05) is 19.8 Å². The summed E-state index contributed by atoms with van der Waals surface area (Å²) in [6.45, 7) is 3.40. The predicted molar refractivity (Wildman–Crippen MR) is 72.5 cm³/mol. The zero-order valence-electron chi connectivity index (χ0n) is 11.5. The van der Waals surface area contributed by atoms with Crippen molar-refractivity contribution >= 4 is 11.6 Å². The van der Waals surface area contributed by atoms with E-state index in [1.54, 1.807) is 6.07 Å². The van der Waals surface area contributed by atoms with E-state index < -0.39 is 4.92 Å². The van der Waals surface area contributed by atoms with Crippen LogP contribution in [0.2, 0.25) is 0 Å². The van der Waals surface area contributed by atoms with E-state index in [2.05, 4.69) is 0 Å². The maximum Gasteiger partial charge on any atom is 0.310 e. The summed E-state index contributed by atoms with van der Waals surface area (Å²) >= 11 is 0. The number of aliphatic hydroxyl groups excluding tert-OH is 1. The highest BCUT2D eigenvalue weighted by Crippen LogP contribution is 2.25. The van der Waals surface area contributed by atoms with Gasteiger partial charge in [0.2, 0.25) is 0 Å². The van der Waals surface area contributed by atoms with E-state index in [-0.39, 0.29) is 43.1 Å². The first-order valence-corrected chi connectivity index (χ1v) is 6.24. The van der Waals surface area contributed by atoms with Gasteiger partial charge in [-0.05, 0) is 19.9 Å². The molecule has 0 aliphatic heterocycles. The molecule has 0 spiro atoms. The summed E-state index contributed by atoms with van der Waals surface area (Å²) in [7, 11) is 0. The molecule has 1 N–H and O–H groups in total. The maximum atomic E-state index is 11.9. The fourth-order valence-corrected chi connectivity index (χ4v) is 1.73. The van der Waals surface area contributed by atoms with Crippen molar-refractivity contribution in [3.05, 3.63) is 34.4 Å². The molecule has 0 unspecified atom stereocenters. The first-order chi connectivity index (χ1) is 9.47. The van der Waals surface area contributed by atoms with Crippen LogP contribution in [0, 0.1) is 10.1 Å². The molecule has 0 aliphatic rings. The summed E-state index contributed by atoms with van der Waals surface area (Å²) in [4.78, 5) is 23.6. The van der Waals surface area contributed by atoms with Crippen molar-refractivity contribution in [2.24, 2.45) is 0 Å². The van der Waals surface area contributed by atoms with Gasteiger partial charge in [-0.15, -0.1) is 0 Å². The highest BCUT2D eigenvalue weighted by atomic mass is 16.6. The number of nitro benzene ring substituents is 1. The average Bonchev–Trinajstić information content (AvgIpc) is 2.42. The summed E-state index contributed by atoms with van der Waals surface area (Å²) in [5.74, 6) is -0.272. The second-order valence-electron chi connectivity index (χ2n) is 4.42. The van der Waals surface area contributed by atoms with Crippen LogP contribution < -0.4 is 4.74 Å². The fraction of sp³-hybridized carbons (Fsp3) is 0.462. The summed E-state index contributed by atoms with van der Waals surface area (Å²) in [6.07, 6.45) is 0. The number of carbonyl (C=O) groups excluding carboxylic acids is 1. The number of para-hydroxylation sites is 2. The van der Waals surface area contributed by atoms with E-state index in [1.807, 2.05) is 13.8 Å². The Morgan fingerprint density at radius 1 is 1.45 bits per heavy atom. The molecule has 0 heterocycles. The van der Waals surface area contributed by atoms with Crippen LogP contribution in [-0.2, 0) is 4.79 Å². The number of nitrogens with zero attached hydrogens (tertiary/aromatic N) is 2. The highest BCUT2D eigenvalue weighted by Gasteiger charge is 2.19. The molecule has 1 amide bonds. The molecule has 0 atom stereocenters. The van der Waals surface area contributed by atoms with Crippen LogP contribution in [0.4, 0.5) is 5.69 Å². The minimum Gasteiger partial charge on any atom is -0.477 e. The molecule has 110 valence electrons. The molecule has 0 saturated carbocycles. The number of aliphatic hydroxyl groups is 1. The minimum atomic E-state index is -0.562. The molecule has 0 aliphatic carbocycles. The summed E-state index contributed by atoms with van der Waals surface area (Å²) in [5.41, 5.74) is -0.182. The molecule has 0 bridgehead atoms. The number of hydrogen-bond acceptors (Lipinski definition) is 5. The lowest BCUT2D eigenvalue weighted by molar-refractivity contribution is -0.385. The lowest BCUT2D eigenvalue weighted by Gasteiger charge is -2.25. The highest BCUT2D eigenvalue weighted by molar-refractivity contribution is 5.78. The van der Waals surface area contributed by atoms with Crippen LogP contribution >= 0.6 is 0 Å². The molecule has 7 nitrogen and oxygen atoms in total. The number of benzene rings is 1. The summed E-state index contributed by atoms with van der Waals surface area (Å²) in [6, 6.07) is 5.80. The van der Waals surface area contributed by atoms with Gasteiger partial charge in [0.05, 0.1) is 11.5 Å². The molecule has 1 rings (SSSR count). The third-order valence-corrected chi connectivity index (χ3v) is 2.70. The van der Waals surface area contributed by atoms with Crippen LogP contribution in [-0.4, -0.2) is 46.6 Å². The lowest BCUT2D eigenvalue weighted by atomic mass is 10.3. The molecule has 0 radical (unpaired) electrons. The normalized spacial score (nSPS) is 10.4. The first-order valence-electron chi connectivity index (χ1n) is 6.24. The molecule has 7 heteroatoms. The van der Waals surface area contributed by atoms with E-state index in [0.29, 0.717) is 0 Å². The number of hydrogen-bond donors (Lipinski definition) is 1. The van der Waals surface area contributed by atoms with Crippen molar-refractivity contribution in [3.8, 4) is 5.75 Å².